The maximum absolute atomic E-state index is 12.8. The van der Waals surface area contributed by atoms with Crippen molar-refractivity contribution in [1.29, 1.82) is 0 Å². The zero-order valence-corrected chi connectivity index (χ0v) is 11.2. The van der Waals surface area contributed by atoms with Crippen molar-refractivity contribution in [2.24, 2.45) is 0 Å². The number of anilines is 1. The van der Waals surface area contributed by atoms with Crippen molar-refractivity contribution < 1.29 is 35.8 Å². The molecule has 3 nitrogen and oxygen atoms in total. The number of para-hydroxylation sites is 1. The Morgan fingerprint density at radius 3 is 2.04 bits per heavy atom. The molecule has 0 aromatic heterocycles. The normalized spacial score (nSPS) is 12.1. The fourth-order valence-electron chi connectivity index (χ4n) is 1.72. The highest BCUT2D eigenvalue weighted by Gasteiger charge is 2.34. The van der Waals surface area contributed by atoms with E-state index in [-0.39, 0.29) is 11.4 Å². The van der Waals surface area contributed by atoms with Crippen LogP contribution in [0.4, 0.5) is 32.0 Å². The van der Waals surface area contributed by atoms with E-state index in [2.05, 4.69) is 4.74 Å². The van der Waals surface area contributed by atoms with Crippen molar-refractivity contribution in [3.8, 4) is 17.2 Å². The number of nitrogens with two attached hydrogens (primary N) is 1. The van der Waals surface area contributed by atoms with Gasteiger partial charge in [-0.1, -0.05) is 12.1 Å². The first-order valence-electron chi connectivity index (χ1n) is 6.05. The molecule has 2 aromatic rings. The molecule has 9 heteroatoms. The summed E-state index contributed by atoms with van der Waals surface area (Å²) in [6, 6.07) is 7.06. The first kappa shape index (κ1) is 16.8. The van der Waals surface area contributed by atoms with Gasteiger partial charge >= 0.3 is 12.5 Å². The molecule has 0 radical (unpaired) electrons. The van der Waals surface area contributed by atoms with Gasteiger partial charge in [0.1, 0.15) is 11.5 Å². The van der Waals surface area contributed by atoms with Gasteiger partial charge in [-0.25, -0.2) is 0 Å². The van der Waals surface area contributed by atoms with Gasteiger partial charge in [0.2, 0.25) is 0 Å². The van der Waals surface area contributed by atoms with E-state index in [0.29, 0.717) is 0 Å². The van der Waals surface area contributed by atoms with E-state index in [1.807, 2.05) is 0 Å². The van der Waals surface area contributed by atoms with Crippen molar-refractivity contribution in [2.75, 3.05) is 5.73 Å². The summed E-state index contributed by atoms with van der Waals surface area (Å²) < 4.78 is 83.5. The third-order valence-corrected chi connectivity index (χ3v) is 2.63. The number of rotatable bonds is 3. The van der Waals surface area contributed by atoms with Gasteiger partial charge < -0.3 is 15.2 Å². The van der Waals surface area contributed by atoms with Crippen LogP contribution >= 0.6 is 0 Å². The van der Waals surface area contributed by atoms with E-state index < -0.39 is 29.6 Å². The van der Waals surface area contributed by atoms with Crippen molar-refractivity contribution in [3.05, 3.63) is 48.0 Å². The molecule has 0 saturated carbocycles. The van der Waals surface area contributed by atoms with E-state index in [4.69, 9.17) is 10.5 Å². The number of ether oxygens (including phenoxy) is 2. The lowest BCUT2D eigenvalue weighted by Crippen LogP contribution is -2.17. The first-order valence-corrected chi connectivity index (χ1v) is 6.05. The number of hydrogen-bond donors (Lipinski definition) is 1. The quantitative estimate of drug-likeness (QED) is 0.635. The Kier molecular flexibility index (Phi) is 4.31. The third-order valence-electron chi connectivity index (χ3n) is 2.63. The Morgan fingerprint density at radius 2 is 1.48 bits per heavy atom. The minimum atomic E-state index is -4.91. The molecular formula is C14H9F6NO2. The van der Waals surface area contributed by atoms with Gasteiger partial charge in [0, 0.05) is 6.07 Å². The van der Waals surface area contributed by atoms with E-state index in [1.165, 1.54) is 12.1 Å². The van der Waals surface area contributed by atoms with Gasteiger partial charge in [0.05, 0.1) is 11.3 Å². The number of alkyl halides is 6. The Morgan fingerprint density at radius 1 is 0.826 bits per heavy atom. The highest BCUT2D eigenvalue weighted by Crippen LogP contribution is 2.39. The van der Waals surface area contributed by atoms with Crippen LogP contribution in [-0.2, 0) is 6.18 Å². The zero-order chi connectivity index (χ0) is 17.3. The molecule has 0 aliphatic carbocycles. The van der Waals surface area contributed by atoms with E-state index in [9.17, 15) is 26.3 Å². The summed E-state index contributed by atoms with van der Waals surface area (Å²) >= 11 is 0. The first-order chi connectivity index (χ1) is 10.6. The molecule has 0 aliphatic heterocycles. The molecule has 23 heavy (non-hydrogen) atoms. The predicted octanol–water partition coefficient (Wildman–Crippen LogP) is 4.98. The lowest BCUT2D eigenvalue weighted by Gasteiger charge is -2.15. The zero-order valence-electron chi connectivity index (χ0n) is 11.2. The lowest BCUT2D eigenvalue weighted by atomic mass is 10.2. The summed E-state index contributed by atoms with van der Waals surface area (Å²) in [7, 11) is 0. The average molecular weight is 337 g/mol. The number of benzene rings is 2. The molecule has 0 bridgehead atoms. The van der Waals surface area contributed by atoms with Gasteiger partial charge in [-0.2, -0.15) is 13.2 Å². The maximum Gasteiger partial charge on any atom is 0.573 e. The van der Waals surface area contributed by atoms with Crippen LogP contribution in [0, 0.1) is 0 Å². The second kappa shape index (κ2) is 5.90. The second-order valence-corrected chi connectivity index (χ2v) is 4.34. The number of hydrogen-bond acceptors (Lipinski definition) is 3. The molecular weight excluding hydrogens is 328 g/mol. The van der Waals surface area contributed by atoms with Crippen LogP contribution in [0.3, 0.4) is 0 Å². The van der Waals surface area contributed by atoms with Crippen molar-refractivity contribution in [2.45, 2.75) is 12.5 Å². The predicted molar refractivity (Wildman–Crippen MR) is 69.1 cm³/mol. The molecule has 0 unspecified atom stereocenters. The lowest BCUT2D eigenvalue weighted by molar-refractivity contribution is -0.274. The highest BCUT2D eigenvalue weighted by molar-refractivity contribution is 5.58. The van der Waals surface area contributed by atoms with Crippen LogP contribution < -0.4 is 15.2 Å². The standard InChI is InChI=1S/C14H9F6NO2/c15-13(16,17)9-3-1-2-4-11(9)22-12-6-5-8(7-10(12)21)23-14(18,19)20/h1-7H,21H2. The van der Waals surface area contributed by atoms with Crippen molar-refractivity contribution in [1.82, 2.24) is 0 Å². The van der Waals surface area contributed by atoms with Crippen LogP contribution in [-0.4, -0.2) is 6.36 Å². The van der Waals surface area contributed by atoms with Crippen molar-refractivity contribution >= 4 is 5.69 Å². The van der Waals surface area contributed by atoms with Gasteiger partial charge in [0.15, 0.2) is 5.75 Å². The highest BCUT2D eigenvalue weighted by atomic mass is 19.4. The van der Waals surface area contributed by atoms with Crippen molar-refractivity contribution in [3.63, 3.8) is 0 Å². The summed E-state index contributed by atoms with van der Waals surface area (Å²) in [6.07, 6.45) is -9.55. The molecule has 124 valence electrons. The molecule has 2 aromatic carbocycles. The number of halogens is 6. The van der Waals surface area contributed by atoms with Crippen LogP contribution in [0.25, 0.3) is 0 Å². The Hall–Kier alpha value is -2.58. The van der Waals surface area contributed by atoms with Gasteiger partial charge in [-0.15, -0.1) is 13.2 Å². The summed E-state index contributed by atoms with van der Waals surface area (Å²) in [4.78, 5) is 0. The fraction of sp³-hybridized carbons (Fsp3) is 0.143. The van der Waals surface area contributed by atoms with Gasteiger partial charge in [0.25, 0.3) is 0 Å². The third kappa shape index (κ3) is 4.44. The maximum atomic E-state index is 12.8. The van der Waals surface area contributed by atoms with E-state index in [0.717, 1.165) is 30.3 Å². The van der Waals surface area contributed by atoms with E-state index in [1.54, 1.807) is 0 Å². The molecule has 0 saturated heterocycles. The minimum Gasteiger partial charge on any atom is -0.455 e. The SMILES string of the molecule is Nc1cc(OC(F)(F)F)ccc1Oc1ccccc1C(F)(F)F. The van der Waals surface area contributed by atoms with Crippen LogP contribution in [0.1, 0.15) is 5.56 Å². The topological polar surface area (TPSA) is 44.5 Å². The Balaban J connectivity index is 2.28. The summed E-state index contributed by atoms with van der Waals surface area (Å²) in [5.41, 5.74) is 4.16. The summed E-state index contributed by atoms with van der Waals surface area (Å²) in [6.45, 7) is 0. The average Bonchev–Trinajstić information content (AvgIpc) is 2.39. The summed E-state index contributed by atoms with van der Waals surface area (Å²) in [5, 5.41) is 0. The Bertz CT molecular complexity index is 696. The fourth-order valence-corrected chi connectivity index (χ4v) is 1.72. The minimum absolute atomic E-state index is 0.226. The van der Waals surface area contributed by atoms with Gasteiger partial charge in [-0.3, -0.25) is 0 Å². The van der Waals surface area contributed by atoms with Crippen LogP contribution in [0.2, 0.25) is 0 Å². The molecule has 0 atom stereocenters. The molecule has 0 aliphatic rings. The molecule has 0 amide bonds. The molecule has 2 N–H and O–H groups in total. The number of nitrogen functional groups attached to an aromatic ring is 1. The molecule has 0 spiro atoms. The smallest absolute Gasteiger partial charge is 0.455 e. The molecule has 0 heterocycles. The van der Waals surface area contributed by atoms with Gasteiger partial charge in [-0.05, 0) is 24.3 Å². The van der Waals surface area contributed by atoms with Crippen LogP contribution in [0.15, 0.2) is 42.5 Å². The largest absolute Gasteiger partial charge is 0.573 e. The second-order valence-electron chi connectivity index (χ2n) is 4.34. The molecule has 0 fully saturated rings. The summed E-state index contributed by atoms with van der Waals surface area (Å²) in [5.74, 6) is -1.35. The Labute approximate surface area is 126 Å². The van der Waals surface area contributed by atoms with E-state index >= 15 is 0 Å². The monoisotopic (exact) mass is 337 g/mol. The van der Waals surface area contributed by atoms with Crippen LogP contribution in [0.5, 0.6) is 17.2 Å². The molecule has 2 rings (SSSR count).